The molecule has 1 aliphatic heterocycles. The Bertz CT molecular complexity index is 473. The van der Waals surface area contributed by atoms with Gasteiger partial charge in [0.05, 0.1) is 7.11 Å². The van der Waals surface area contributed by atoms with Crippen molar-refractivity contribution in [2.45, 2.75) is 13.0 Å². The first-order chi connectivity index (χ1) is 10.6. The largest absolute Gasteiger partial charge is 0.492 e. The van der Waals surface area contributed by atoms with Crippen LogP contribution in [-0.4, -0.2) is 68.3 Å². The molecule has 1 saturated heterocycles. The minimum atomic E-state index is -0.169. The highest BCUT2D eigenvalue weighted by atomic mass is 35.5. The van der Waals surface area contributed by atoms with Crippen LogP contribution in [0, 0.1) is 0 Å². The smallest absolute Gasteiger partial charge is 0.322 e. The molecule has 1 heterocycles. The summed E-state index contributed by atoms with van der Waals surface area (Å²) in [6, 6.07) is 7.22. The number of carbonyl (C=O) groups excluding carboxylic acids is 1. The van der Waals surface area contributed by atoms with E-state index in [1.54, 1.807) is 0 Å². The molecule has 1 aliphatic rings. The standard InChI is InChI=1S/C16H23ClN2O3/c1-13(16(20)21-2)19-9-7-18(8-10-19)11-12-22-15-5-3-14(17)4-6-15/h3-6,13H,7-12H2,1-2H3/t13-/m1/s1. The van der Waals surface area contributed by atoms with Crippen molar-refractivity contribution in [3.8, 4) is 5.75 Å². The first kappa shape index (κ1) is 17.1. The summed E-state index contributed by atoms with van der Waals surface area (Å²) in [5, 5.41) is 0.711. The van der Waals surface area contributed by atoms with Gasteiger partial charge in [0, 0.05) is 37.7 Å². The number of carbonyl (C=O) groups is 1. The molecule has 1 atom stereocenters. The van der Waals surface area contributed by atoms with Crippen molar-refractivity contribution in [1.29, 1.82) is 0 Å². The normalized spacial score (nSPS) is 18.0. The molecular weight excluding hydrogens is 304 g/mol. The fourth-order valence-electron chi connectivity index (χ4n) is 2.52. The Morgan fingerprint density at radius 3 is 2.45 bits per heavy atom. The predicted molar refractivity (Wildman–Crippen MR) is 86.4 cm³/mol. The molecule has 0 radical (unpaired) electrons. The number of rotatable bonds is 6. The van der Waals surface area contributed by atoms with Crippen LogP contribution in [0.25, 0.3) is 0 Å². The van der Waals surface area contributed by atoms with Gasteiger partial charge in [-0.25, -0.2) is 0 Å². The summed E-state index contributed by atoms with van der Waals surface area (Å²) in [5.74, 6) is 0.668. The van der Waals surface area contributed by atoms with Gasteiger partial charge in [-0.3, -0.25) is 14.6 Å². The van der Waals surface area contributed by atoms with Crippen LogP contribution in [0.2, 0.25) is 5.02 Å². The SMILES string of the molecule is COC(=O)[C@@H](C)N1CCN(CCOc2ccc(Cl)cc2)CC1. The van der Waals surface area contributed by atoms with E-state index < -0.39 is 0 Å². The fraction of sp³-hybridized carbons (Fsp3) is 0.562. The monoisotopic (exact) mass is 326 g/mol. The van der Waals surface area contributed by atoms with Gasteiger partial charge < -0.3 is 9.47 Å². The molecule has 0 saturated carbocycles. The third-order valence-electron chi connectivity index (χ3n) is 3.99. The van der Waals surface area contributed by atoms with Crippen molar-refractivity contribution in [3.63, 3.8) is 0 Å². The van der Waals surface area contributed by atoms with E-state index in [1.807, 2.05) is 31.2 Å². The zero-order valence-electron chi connectivity index (χ0n) is 13.1. The quantitative estimate of drug-likeness (QED) is 0.747. The van der Waals surface area contributed by atoms with Gasteiger partial charge in [0.2, 0.25) is 0 Å². The van der Waals surface area contributed by atoms with Crippen LogP contribution in [0.15, 0.2) is 24.3 Å². The molecule has 2 rings (SSSR count). The molecule has 1 fully saturated rings. The third kappa shape index (κ3) is 4.87. The van der Waals surface area contributed by atoms with Crippen molar-refractivity contribution < 1.29 is 14.3 Å². The highest BCUT2D eigenvalue weighted by molar-refractivity contribution is 6.30. The van der Waals surface area contributed by atoms with Crippen molar-refractivity contribution >= 4 is 17.6 Å². The molecule has 0 unspecified atom stereocenters. The number of esters is 1. The number of hydrogen-bond donors (Lipinski definition) is 0. The van der Waals surface area contributed by atoms with Gasteiger partial charge >= 0.3 is 5.97 Å². The average Bonchev–Trinajstić information content (AvgIpc) is 2.56. The van der Waals surface area contributed by atoms with Crippen LogP contribution < -0.4 is 4.74 Å². The van der Waals surface area contributed by atoms with Gasteiger partial charge in [0.25, 0.3) is 0 Å². The van der Waals surface area contributed by atoms with Gasteiger partial charge in [-0.15, -0.1) is 0 Å². The molecular formula is C16H23ClN2O3. The van der Waals surface area contributed by atoms with Crippen LogP contribution in [-0.2, 0) is 9.53 Å². The molecule has 0 N–H and O–H groups in total. The first-order valence-corrected chi connectivity index (χ1v) is 7.90. The lowest BCUT2D eigenvalue weighted by Gasteiger charge is -2.36. The van der Waals surface area contributed by atoms with E-state index in [-0.39, 0.29) is 12.0 Å². The van der Waals surface area contributed by atoms with E-state index in [4.69, 9.17) is 21.1 Å². The lowest BCUT2D eigenvalue weighted by atomic mass is 10.2. The summed E-state index contributed by atoms with van der Waals surface area (Å²) in [6.07, 6.45) is 0. The number of halogens is 1. The van der Waals surface area contributed by atoms with Crippen molar-refractivity contribution in [2.75, 3.05) is 46.4 Å². The minimum Gasteiger partial charge on any atom is -0.492 e. The highest BCUT2D eigenvalue weighted by Crippen LogP contribution is 2.15. The Morgan fingerprint density at radius 2 is 1.86 bits per heavy atom. The Balaban J connectivity index is 1.67. The lowest BCUT2D eigenvalue weighted by Crippen LogP contribution is -2.52. The summed E-state index contributed by atoms with van der Waals surface area (Å²) in [6.45, 7) is 7.04. The van der Waals surface area contributed by atoms with Gasteiger partial charge in [-0.1, -0.05) is 11.6 Å². The van der Waals surface area contributed by atoms with Gasteiger partial charge in [0.1, 0.15) is 18.4 Å². The summed E-state index contributed by atoms with van der Waals surface area (Å²) in [4.78, 5) is 16.0. The number of piperazine rings is 1. The Hall–Kier alpha value is -1.30. The molecule has 0 spiro atoms. The Morgan fingerprint density at radius 1 is 1.23 bits per heavy atom. The van der Waals surface area contributed by atoms with Crippen LogP contribution in [0.4, 0.5) is 0 Å². The molecule has 22 heavy (non-hydrogen) atoms. The van der Waals surface area contributed by atoms with Crippen LogP contribution in [0.3, 0.4) is 0 Å². The average molecular weight is 327 g/mol. The van der Waals surface area contributed by atoms with E-state index >= 15 is 0 Å². The summed E-state index contributed by atoms with van der Waals surface area (Å²) < 4.78 is 10.5. The maximum atomic E-state index is 11.5. The number of hydrogen-bond acceptors (Lipinski definition) is 5. The predicted octanol–water partition coefficient (Wildman–Crippen LogP) is 1.90. The number of ether oxygens (including phenoxy) is 2. The van der Waals surface area contributed by atoms with Crippen molar-refractivity contribution in [1.82, 2.24) is 9.80 Å². The molecule has 5 nitrogen and oxygen atoms in total. The molecule has 6 heteroatoms. The second-order valence-electron chi connectivity index (χ2n) is 5.38. The summed E-state index contributed by atoms with van der Waals surface area (Å²) in [5.41, 5.74) is 0. The molecule has 0 aliphatic carbocycles. The molecule has 0 aromatic heterocycles. The zero-order valence-corrected chi connectivity index (χ0v) is 13.9. The molecule has 0 amide bonds. The number of methoxy groups -OCH3 is 1. The Kier molecular flexibility index (Phi) is 6.49. The van der Waals surface area contributed by atoms with Crippen LogP contribution >= 0.6 is 11.6 Å². The molecule has 0 bridgehead atoms. The van der Waals surface area contributed by atoms with E-state index in [0.29, 0.717) is 11.6 Å². The first-order valence-electron chi connectivity index (χ1n) is 7.53. The topological polar surface area (TPSA) is 42.0 Å². The molecule has 1 aromatic rings. The molecule has 122 valence electrons. The van der Waals surface area contributed by atoms with Gasteiger partial charge in [-0.05, 0) is 31.2 Å². The number of nitrogens with zero attached hydrogens (tertiary/aromatic N) is 2. The fourth-order valence-corrected chi connectivity index (χ4v) is 2.64. The van der Waals surface area contributed by atoms with E-state index in [0.717, 1.165) is 38.5 Å². The Labute approximate surface area is 136 Å². The van der Waals surface area contributed by atoms with E-state index in [1.165, 1.54) is 7.11 Å². The highest BCUT2D eigenvalue weighted by Gasteiger charge is 2.25. The summed E-state index contributed by atoms with van der Waals surface area (Å²) >= 11 is 5.84. The van der Waals surface area contributed by atoms with Crippen molar-refractivity contribution in [2.24, 2.45) is 0 Å². The minimum absolute atomic E-state index is 0.167. The second-order valence-corrected chi connectivity index (χ2v) is 5.82. The van der Waals surface area contributed by atoms with Crippen LogP contribution in [0.1, 0.15) is 6.92 Å². The maximum Gasteiger partial charge on any atom is 0.322 e. The molecule has 1 aromatic carbocycles. The van der Waals surface area contributed by atoms with E-state index in [2.05, 4.69) is 9.80 Å². The summed E-state index contributed by atoms with van der Waals surface area (Å²) in [7, 11) is 1.43. The zero-order chi connectivity index (χ0) is 15.9. The van der Waals surface area contributed by atoms with Crippen molar-refractivity contribution in [3.05, 3.63) is 29.3 Å². The van der Waals surface area contributed by atoms with Gasteiger partial charge in [-0.2, -0.15) is 0 Å². The van der Waals surface area contributed by atoms with E-state index in [9.17, 15) is 4.79 Å². The maximum absolute atomic E-state index is 11.5. The lowest BCUT2D eigenvalue weighted by molar-refractivity contribution is -0.147. The third-order valence-corrected chi connectivity index (χ3v) is 4.24. The van der Waals surface area contributed by atoms with Crippen LogP contribution in [0.5, 0.6) is 5.75 Å². The second kappa shape index (κ2) is 8.36. The van der Waals surface area contributed by atoms with Gasteiger partial charge in [0.15, 0.2) is 0 Å². The number of benzene rings is 1.